The Morgan fingerprint density at radius 1 is 1.31 bits per heavy atom. The summed E-state index contributed by atoms with van der Waals surface area (Å²) in [6.07, 6.45) is 0.0975. The van der Waals surface area contributed by atoms with Crippen LogP contribution in [0.1, 0.15) is 18.6 Å². The second kappa shape index (κ2) is 4.63. The van der Waals surface area contributed by atoms with Crippen LogP contribution in [0, 0.1) is 0 Å². The summed E-state index contributed by atoms with van der Waals surface area (Å²) in [6, 6.07) is 5.86. The first-order valence-corrected chi connectivity index (χ1v) is 4.84. The Labute approximate surface area is 87.0 Å². The number of halogens is 1. The van der Waals surface area contributed by atoms with Gasteiger partial charge in [-0.3, -0.25) is 0 Å². The number of hydrogen-bond donors (Lipinski definition) is 0. The van der Waals surface area contributed by atoms with Crippen molar-refractivity contribution in [2.45, 2.75) is 13.0 Å². The van der Waals surface area contributed by atoms with Crippen LogP contribution in [0.5, 0.6) is 5.75 Å². The molecule has 3 heteroatoms. The average molecular weight is 245 g/mol. The first-order valence-electron chi connectivity index (χ1n) is 4.05. The molecule has 0 N–H and O–H groups in total. The van der Waals surface area contributed by atoms with Crippen molar-refractivity contribution in [3.05, 3.63) is 28.2 Å². The Bertz CT molecular complexity index is 286. The fourth-order valence-corrected chi connectivity index (χ4v) is 1.77. The van der Waals surface area contributed by atoms with E-state index in [0.717, 1.165) is 15.8 Å². The van der Waals surface area contributed by atoms with E-state index < -0.39 is 0 Å². The van der Waals surface area contributed by atoms with E-state index in [1.807, 2.05) is 25.1 Å². The Hall–Kier alpha value is -0.540. The fraction of sp³-hybridized carbons (Fsp3) is 0.400. The van der Waals surface area contributed by atoms with Gasteiger partial charge >= 0.3 is 0 Å². The van der Waals surface area contributed by atoms with Crippen LogP contribution in [0.25, 0.3) is 0 Å². The molecule has 72 valence electrons. The molecule has 0 bridgehead atoms. The van der Waals surface area contributed by atoms with Crippen LogP contribution in [0.15, 0.2) is 22.7 Å². The van der Waals surface area contributed by atoms with E-state index in [-0.39, 0.29) is 6.10 Å². The van der Waals surface area contributed by atoms with Crippen molar-refractivity contribution in [3.8, 4) is 5.75 Å². The molecule has 0 aliphatic carbocycles. The summed E-state index contributed by atoms with van der Waals surface area (Å²) in [6.45, 7) is 2.01. The second-order valence-corrected chi connectivity index (χ2v) is 3.62. The van der Waals surface area contributed by atoms with Gasteiger partial charge in [-0.2, -0.15) is 0 Å². The Morgan fingerprint density at radius 2 is 2.00 bits per heavy atom. The first kappa shape index (κ1) is 10.5. The molecule has 0 radical (unpaired) electrons. The van der Waals surface area contributed by atoms with Crippen LogP contribution in [0.4, 0.5) is 0 Å². The van der Waals surface area contributed by atoms with Gasteiger partial charge in [-0.05, 0) is 24.6 Å². The third-order valence-electron chi connectivity index (χ3n) is 2.00. The Morgan fingerprint density at radius 3 is 2.46 bits per heavy atom. The molecule has 1 atom stereocenters. The summed E-state index contributed by atoms with van der Waals surface area (Å²) in [5.41, 5.74) is 1.13. The number of benzene rings is 1. The highest BCUT2D eigenvalue weighted by Crippen LogP contribution is 2.28. The summed E-state index contributed by atoms with van der Waals surface area (Å²) in [7, 11) is 3.35. The first-order chi connectivity index (χ1) is 6.19. The predicted octanol–water partition coefficient (Wildman–Crippen LogP) is 3.17. The molecule has 13 heavy (non-hydrogen) atoms. The lowest BCUT2D eigenvalue weighted by atomic mass is 10.1. The smallest absolute Gasteiger partial charge is 0.120 e. The molecule has 0 aromatic heterocycles. The minimum absolute atomic E-state index is 0.0975. The van der Waals surface area contributed by atoms with Gasteiger partial charge in [0.2, 0.25) is 0 Å². The molecule has 1 aromatic carbocycles. The summed E-state index contributed by atoms with van der Waals surface area (Å²) >= 11 is 3.47. The van der Waals surface area contributed by atoms with Gasteiger partial charge in [-0.15, -0.1) is 0 Å². The summed E-state index contributed by atoms with van der Waals surface area (Å²) in [4.78, 5) is 0. The van der Waals surface area contributed by atoms with E-state index in [4.69, 9.17) is 9.47 Å². The highest BCUT2D eigenvalue weighted by Gasteiger charge is 2.08. The summed E-state index contributed by atoms with van der Waals surface area (Å²) in [5.74, 6) is 0.846. The van der Waals surface area contributed by atoms with Gasteiger partial charge in [-0.25, -0.2) is 0 Å². The minimum Gasteiger partial charge on any atom is -0.497 e. The molecule has 2 nitrogen and oxygen atoms in total. The van der Waals surface area contributed by atoms with E-state index in [1.165, 1.54) is 0 Å². The van der Waals surface area contributed by atoms with Crippen LogP contribution in [0.2, 0.25) is 0 Å². The zero-order valence-corrected chi connectivity index (χ0v) is 9.59. The van der Waals surface area contributed by atoms with Crippen molar-refractivity contribution in [3.63, 3.8) is 0 Å². The molecule has 1 unspecified atom stereocenters. The standard InChI is InChI=1S/C10H13BrO2/c1-7(12-2)9-5-4-8(13-3)6-10(9)11/h4-7H,1-3H3. The lowest BCUT2D eigenvalue weighted by molar-refractivity contribution is 0.119. The van der Waals surface area contributed by atoms with Crippen LogP contribution >= 0.6 is 15.9 Å². The lowest BCUT2D eigenvalue weighted by Crippen LogP contribution is -1.97. The zero-order chi connectivity index (χ0) is 9.84. The maximum Gasteiger partial charge on any atom is 0.120 e. The van der Waals surface area contributed by atoms with Gasteiger partial charge < -0.3 is 9.47 Å². The van der Waals surface area contributed by atoms with Crippen molar-refractivity contribution < 1.29 is 9.47 Å². The van der Waals surface area contributed by atoms with Crippen molar-refractivity contribution in [2.24, 2.45) is 0 Å². The molecule has 0 saturated heterocycles. The lowest BCUT2D eigenvalue weighted by Gasteiger charge is -2.12. The molecular weight excluding hydrogens is 232 g/mol. The molecule has 0 spiro atoms. The highest BCUT2D eigenvalue weighted by molar-refractivity contribution is 9.10. The summed E-state index contributed by atoms with van der Waals surface area (Å²) < 4.78 is 11.3. The fourth-order valence-electron chi connectivity index (χ4n) is 1.09. The largest absolute Gasteiger partial charge is 0.497 e. The Balaban J connectivity index is 2.98. The number of ether oxygens (including phenoxy) is 2. The topological polar surface area (TPSA) is 18.5 Å². The molecule has 0 aliphatic rings. The van der Waals surface area contributed by atoms with Gasteiger partial charge in [0.05, 0.1) is 13.2 Å². The highest BCUT2D eigenvalue weighted by atomic mass is 79.9. The van der Waals surface area contributed by atoms with E-state index in [0.29, 0.717) is 0 Å². The van der Waals surface area contributed by atoms with Gasteiger partial charge in [0.25, 0.3) is 0 Å². The van der Waals surface area contributed by atoms with Crippen molar-refractivity contribution in [2.75, 3.05) is 14.2 Å². The third-order valence-corrected chi connectivity index (χ3v) is 2.69. The predicted molar refractivity (Wildman–Crippen MR) is 56.1 cm³/mol. The van der Waals surface area contributed by atoms with Crippen molar-refractivity contribution in [1.29, 1.82) is 0 Å². The van der Waals surface area contributed by atoms with E-state index in [9.17, 15) is 0 Å². The molecule has 0 amide bonds. The van der Waals surface area contributed by atoms with Gasteiger partial charge in [0.1, 0.15) is 5.75 Å². The Kier molecular flexibility index (Phi) is 3.75. The SMILES string of the molecule is COc1ccc(C(C)OC)c(Br)c1. The average Bonchev–Trinajstić information content (AvgIpc) is 2.16. The van der Waals surface area contributed by atoms with Crippen LogP contribution in [-0.4, -0.2) is 14.2 Å². The van der Waals surface area contributed by atoms with E-state index in [1.54, 1.807) is 14.2 Å². The molecule has 0 saturated carbocycles. The molecule has 0 fully saturated rings. The number of rotatable bonds is 3. The second-order valence-electron chi connectivity index (χ2n) is 2.77. The van der Waals surface area contributed by atoms with Crippen molar-refractivity contribution in [1.82, 2.24) is 0 Å². The van der Waals surface area contributed by atoms with Crippen LogP contribution in [0.3, 0.4) is 0 Å². The van der Waals surface area contributed by atoms with Crippen molar-refractivity contribution >= 4 is 15.9 Å². The maximum atomic E-state index is 5.22. The normalized spacial score (nSPS) is 12.6. The molecule has 0 heterocycles. The third kappa shape index (κ3) is 2.45. The monoisotopic (exact) mass is 244 g/mol. The maximum absolute atomic E-state index is 5.22. The number of methoxy groups -OCH3 is 2. The van der Waals surface area contributed by atoms with E-state index >= 15 is 0 Å². The van der Waals surface area contributed by atoms with Crippen LogP contribution in [-0.2, 0) is 4.74 Å². The molecule has 1 rings (SSSR count). The molecular formula is C10H13BrO2. The molecule has 1 aromatic rings. The summed E-state index contributed by atoms with van der Waals surface area (Å²) in [5, 5.41) is 0. The number of hydrogen-bond acceptors (Lipinski definition) is 2. The quantitative estimate of drug-likeness (QED) is 0.814. The van der Waals surface area contributed by atoms with Crippen LogP contribution < -0.4 is 4.74 Å². The minimum atomic E-state index is 0.0975. The van der Waals surface area contributed by atoms with Gasteiger partial charge in [0, 0.05) is 11.6 Å². The molecule has 0 aliphatic heterocycles. The van der Waals surface area contributed by atoms with Gasteiger partial charge in [-0.1, -0.05) is 22.0 Å². The van der Waals surface area contributed by atoms with E-state index in [2.05, 4.69) is 15.9 Å². The zero-order valence-electron chi connectivity index (χ0n) is 8.00. The van der Waals surface area contributed by atoms with Gasteiger partial charge in [0.15, 0.2) is 0 Å².